The number of hydrogen-bond donors (Lipinski definition) is 2. The lowest BCUT2D eigenvalue weighted by atomic mass is 9.95. The van der Waals surface area contributed by atoms with Gasteiger partial charge in [0.1, 0.15) is 5.82 Å². The van der Waals surface area contributed by atoms with Gasteiger partial charge in [-0.25, -0.2) is 17.7 Å². The highest BCUT2D eigenvalue weighted by Crippen LogP contribution is 2.26. The third-order valence-electron chi connectivity index (χ3n) is 5.87. The van der Waals surface area contributed by atoms with Gasteiger partial charge in [0.25, 0.3) is 5.91 Å². The smallest absolute Gasteiger partial charge is 0.258 e. The van der Waals surface area contributed by atoms with Crippen LogP contribution in [0, 0.1) is 5.92 Å². The van der Waals surface area contributed by atoms with Gasteiger partial charge in [0, 0.05) is 32.3 Å². The van der Waals surface area contributed by atoms with Crippen molar-refractivity contribution in [2.75, 3.05) is 37.8 Å². The lowest BCUT2D eigenvalue weighted by Gasteiger charge is -2.34. The van der Waals surface area contributed by atoms with Crippen LogP contribution in [0.5, 0.6) is 0 Å². The van der Waals surface area contributed by atoms with Gasteiger partial charge in [-0.15, -0.1) is 0 Å². The van der Waals surface area contributed by atoms with Gasteiger partial charge in [0.05, 0.1) is 21.2 Å². The number of hydrogen-bond acceptors (Lipinski definition) is 6. The van der Waals surface area contributed by atoms with Gasteiger partial charge in [0.2, 0.25) is 15.9 Å². The Labute approximate surface area is 205 Å². The first-order chi connectivity index (χ1) is 16.0. The number of nitrogens with one attached hydrogen (secondary N) is 2. The number of benzene rings is 1. The minimum atomic E-state index is -3.79. The molecular weight excluding hydrogens is 478 g/mol. The number of aromatic nitrogens is 1. The molecule has 2 amide bonds. The van der Waals surface area contributed by atoms with Crippen LogP contribution >= 0.6 is 11.6 Å². The Kier molecular flexibility index (Phi) is 8.29. The summed E-state index contributed by atoms with van der Waals surface area (Å²) in [4.78, 5) is 32.4. The van der Waals surface area contributed by atoms with E-state index in [1.807, 2.05) is 0 Å². The highest BCUT2D eigenvalue weighted by Gasteiger charge is 2.28. The summed E-state index contributed by atoms with van der Waals surface area (Å²) in [5.74, 6) is -0.733. The maximum atomic E-state index is 13.1. The average Bonchev–Trinajstić information content (AvgIpc) is 2.80. The molecule has 2 N–H and O–H groups in total. The van der Waals surface area contributed by atoms with E-state index in [0.29, 0.717) is 23.9 Å². The van der Waals surface area contributed by atoms with Crippen LogP contribution < -0.4 is 10.6 Å². The van der Waals surface area contributed by atoms with Crippen molar-refractivity contribution in [1.29, 1.82) is 0 Å². The van der Waals surface area contributed by atoms with Crippen LogP contribution in [0.25, 0.3) is 0 Å². The number of anilines is 2. The molecule has 0 spiro atoms. The second kappa shape index (κ2) is 10.8. The number of nitrogens with zero attached hydrogens (tertiary/aromatic N) is 3. The van der Waals surface area contributed by atoms with Crippen molar-refractivity contribution < 1.29 is 18.0 Å². The number of likely N-dealkylation sites (tertiary alicyclic amines) is 1. The first kappa shape index (κ1) is 26.1. The predicted octanol–water partition coefficient (Wildman–Crippen LogP) is 3.30. The number of rotatable bonds is 7. The zero-order valence-electron chi connectivity index (χ0n) is 19.7. The number of carbonyl (C=O) groups is 2. The first-order valence-electron chi connectivity index (χ1n) is 11.0. The van der Waals surface area contributed by atoms with Crippen molar-refractivity contribution in [3.8, 4) is 0 Å². The number of carbonyl (C=O) groups excluding carboxylic acids is 2. The Balaban J connectivity index is 1.87. The van der Waals surface area contributed by atoms with Gasteiger partial charge in [-0.2, -0.15) is 0 Å². The number of sulfonamides is 1. The van der Waals surface area contributed by atoms with Gasteiger partial charge in [0.15, 0.2) is 0 Å². The van der Waals surface area contributed by atoms with Crippen LogP contribution in [-0.2, 0) is 14.8 Å². The van der Waals surface area contributed by atoms with E-state index in [1.54, 1.807) is 6.07 Å². The second-order valence-electron chi connectivity index (χ2n) is 8.70. The molecule has 0 aliphatic carbocycles. The van der Waals surface area contributed by atoms with Gasteiger partial charge in [-0.05, 0) is 70.1 Å². The Morgan fingerprint density at radius 3 is 2.35 bits per heavy atom. The van der Waals surface area contributed by atoms with Crippen molar-refractivity contribution in [2.24, 2.45) is 5.92 Å². The topological polar surface area (TPSA) is 112 Å². The molecule has 11 heteroatoms. The quantitative estimate of drug-likeness (QED) is 0.594. The first-order valence-corrected chi connectivity index (χ1v) is 12.8. The van der Waals surface area contributed by atoms with E-state index in [0.717, 1.165) is 17.4 Å². The van der Waals surface area contributed by atoms with Crippen LogP contribution in [0.15, 0.2) is 41.4 Å². The van der Waals surface area contributed by atoms with Crippen molar-refractivity contribution in [3.05, 3.63) is 47.1 Å². The molecule has 1 aliphatic rings. The molecule has 0 unspecified atom stereocenters. The zero-order valence-corrected chi connectivity index (χ0v) is 21.3. The molecule has 1 aromatic heterocycles. The number of amides is 2. The Hall–Kier alpha value is -2.53. The van der Waals surface area contributed by atoms with E-state index in [2.05, 4.69) is 34.4 Å². The highest BCUT2D eigenvalue weighted by molar-refractivity contribution is 7.89. The van der Waals surface area contributed by atoms with E-state index < -0.39 is 15.9 Å². The van der Waals surface area contributed by atoms with E-state index in [1.165, 1.54) is 44.6 Å². The summed E-state index contributed by atoms with van der Waals surface area (Å²) in [6.07, 6.45) is 2.82. The van der Waals surface area contributed by atoms with Crippen molar-refractivity contribution in [2.45, 2.75) is 37.6 Å². The molecule has 1 aliphatic heterocycles. The standard InChI is InChI=1S/C23H30ClN5O4S/c1-15(2)29-11-9-16(10-12-29)22(30)26-20-7-6-18(34(32,33)28(3)4)13-19(20)23(31)27-21-8-5-17(24)14-25-21/h5-8,13-16H,9-12H2,1-4H3,(H,26,30)(H,25,27,31). The van der Waals surface area contributed by atoms with Gasteiger partial charge in [-0.3, -0.25) is 9.59 Å². The van der Waals surface area contributed by atoms with E-state index in [9.17, 15) is 18.0 Å². The van der Waals surface area contributed by atoms with Gasteiger partial charge in [-0.1, -0.05) is 11.6 Å². The lowest BCUT2D eigenvalue weighted by Crippen LogP contribution is -2.41. The second-order valence-corrected chi connectivity index (χ2v) is 11.3. The zero-order chi connectivity index (χ0) is 25.0. The fraction of sp³-hybridized carbons (Fsp3) is 0.435. The molecular formula is C23H30ClN5O4S. The molecule has 1 fully saturated rings. The Morgan fingerprint density at radius 2 is 1.79 bits per heavy atom. The third-order valence-corrected chi connectivity index (χ3v) is 7.91. The largest absolute Gasteiger partial charge is 0.325 e. The van der Waals surface area contributed by atoms with Gasteiger partial charge >= 0.3 is 0 Å². The number of halogens is 1. The van der Waals surface area contributed by atoms with Crippen LogP contribution in [0.3, 0.4) is 0 Å². The molecule has 1 saturated heterocycles. The summed E-state index contributed by atoms with van der Waals surface area (Å²) in [6.45, 7) is 5.91. The summed E-state index contributed by atoms with van der Waals surface area (Å²) in [5, 5.41) is 5.88. The van der Waals surface area contributed by atoms with Crippen LogP contribution in [0.1, 0.15) is 37.0 Å². The predicted molar refractivity (Wildman–Crippen MR) is 133 cm³/mol. The fourth-order valence-corrected chi connectivity index (χ4v) is 4.78. The third kappa shape index (κ3) is 6.12. The molecule has 34 heavy (non-hydrogen) atoms. The summed E-state index contributed by atoms with van der Waals surface area (Å²) in [6, 6.07) is 7.61. The van der Waals surface area contributed by atoms with E-state index >= 15 is 0 Å². The molecule has 184 valence electrons. The monoisotopic (exact) mass is 507 g/mol. The van der Waals surface area contributed by atoms with Crippen molar-refractivity contribution >= 4 is 44.9 Å². The molecule has 9 nitrogen and oxygen atoms in total. The molecule has 2 aromatic rings. The molecule has 3 rings (SSSR count). The Bertz CT molecular complexity index is 1140. The number of pyridine rings is 1. The normalized spacial score (nSPS) is 15.5. The SMILES string of the molecule is CC(C)N1CCC(C(=O)Nc2ccc(S(=O)(=O)N(C)C)cc2C(=O)Nc2ccc(Cl)cn2)CC1. The minimum Gasteiger partial charge on any atom is -0.325 e. The summed E-state index contributed by atoms with van der Waals surface area (Å²) in [7, 11) is -0.972. The van der Waals surface area contributed by atoms with Crippen LogP contribution in [-0.4, -0.2) is 67.6 Å². The molecule has 0 radical (unpaired) electrons. The fourth-order valence-electron chi connectivity index (χ4n) is 3.74. The van der Waals surface area contributed by atoms with Crippen LogP contribution in [0.2, 0.25) is 5.02 Å². The maximum Gasteiger partial charge on any atom is 0.258 e. The average molecular weight is 508 g/mol. The van der Waals surface area contributed by atoms with E-state index in [4.69, 9.17) is 11.6 Å². The van der Waals surface area contributed by atoms with Gasteiger partial charge < -0.3 is 15.5 Å². The van der Waals surface area contributed by atoms with Crippen LogP contribution in [0.4, 0.5) is 11.5 Å². The molecule has 0 bridgehead atoms. The minimum absolute atomic E-state index is 0.0210. The highest BCUT2D eigenvalue weighted by atomic mass is 35.5. The molecule has 2 heterocycles. The van der Waals surface area contributed by atoms with Crippen molar-refractivity contribution in [3.63, 3.8) is 0 Å². The summed E-state index contributed by atoms with van der Waals surface area (Å²) in [5.41, 5.74) is 0.258. The Morgan fingerprint density at radius 1 is 1.12 bits per heavy atom. The molecule has 1 aromatic carbocycles. The lowest BCUT2D eigenvalue weighted by molar-refractivity contribution is -0.121. The maximum absolute atomic E-state index is 13.1. The molecule has 0 saturated carbocycles. The number of piperidine rings is 1. The van der Waals surface area contributed by atoms with E-state index in [-0.39, 0.29) is 33.8 Å². The summed E-state index contributed by atoms with van der Waals surface area (Å²) < 4.78 is 26.3. The van der Waals surface area contributed by atoms with Crippen molar-refractivity contribution in [1.82, 2.24) is 14.2 Å². The summed E-state index contributed by atoms with van der Waals surface area (Å²) >= 11 is 5.85. The molecule has 0 atom stereocenters.